The van der Waals surface area contributed by atoms with Crippen LogP contribution in [0.1, 0.15) is 17.2 Å². The Morgan fingerprint density at radius 3 is 2.40 bits per heavy atom. The lowest BCUT2D eigenvalue weighted by Crippen LogP contribution is -2.49. The average molecular weight is 409 g/mol. The lowest BCUT2D eigenvalue weighted by Gasteiger charge is -2.38. The van der Waals surface area contributed by atoms with Gasteiger partial charge in [-0.1, -0.05) is 24.3 Å². The van der Waals surface area contributed by atoms with E-state index in [2.05, 4.69) is 27.5 Å². The van der Waals surface area contributed by atoms with Gasteiger partial charge in [0.05, 0.1) is 17.3 Å². The fourth-order valence-electron chi connectivity index (χ4n) is 3.41. The molecular weight excluding hydrogens is 385 g/mol. The van der Waals surface area contributed by atoms with Gasteiger partial charge in [-0.15, -0.1) is 0 Å². The molecule has 1 atom stereocenters. The number of rotatable bonds is 5. The van der Waals surface area contributed by atoms with E-state index in [1.165, 1.54) is 12.1 Å². The first kappa shape index (κ1) is 21.4. The number of benzene rings is 2. The van der Waals surface area contributed by atoms with Crippen LogP contribution >= 0.6 is 0 Å². The van der Waals surface area contributed by atoms with Crippen molar-refractivity contribution in [2.75, 3.05) is 45.1 Å². The van der Waals surface area contributed by atoms with Crippen molar-refractivity contribution in [1.29, 1.82) is 5.26 Å². The summed E-state index contributed by atoms with van der Waals surface area (Å²) in [5.74, 6) is -1.95. The van der Waals surface area contributed by atoms with E-state index in [4.69, 9.17) is 5.26 Å². The maximum absolute atomic E-state index is 13.4. The van der Waals surface area contributed by atoms with Gasteiger partial charge >= 0.3 is 11.8 Å². The Kier molecular flexibility index (Phi) is 7.12. The zero-order valence-electron chi connectivity index (χ0n) is 16.8. The average Bonchev–Trinajstić information content (AvgIpc) is 2.76. The number of hydrogen-bond donors (Lipinski definition) is 2. The van der Waals surface area contributed by atoms with Gasteiger partial charge in [0.25, 0.3) is 0 Å². The normalized spacial score (nSPS) is 15.8. The van der Waals surface area contributed by atoms with E-state index in [1.54, 1.807) is 36.4 Å². The highest BCUT2D eigenvalue weighted by Crippen LogP contribution is 2.22. The molecule has 8 heteroatoms. The molecule has 2 amide bonds. The maximum atomic E-state index is 13.4. The molecule has 0 aliphatic carbocycles. The van der Waals surface area contributed by atoms with Crippen molar-refractivity contribution >= 4 is 17.5 Å². The smallest absolute Gasteiger partial charge is 0.313 e. The number of anilines is 1. The van der Waals surface area contributed by atoms with Crippen LogP contribution < -0.4 is 10.6 Å². The Morgan fingerprint density at radius 1 is 1.07 bits per heavy atom. The largest absolute Gasteiger partial charge is 0.346 e. The molecule has 0 radical (unpaired) electrons. The van der Waals surface area contributed by atoms with Crippen LogP contribution in [0.4, 0.5) is 10.1 Å². The summed E-state index contributed by atoms with van der Waals surface area (Å²) in [5.41, 5.74) is 1.44. The number of piperazine rings is 1. The molecule has 2 aromatic carbocycles. The van der Waals surface area contributed by atoms with Crippen LogP contribution in [-0.2, 0) is 9.59 Å². The van der Waals surface area contributed by atoms with Crippen LogP contribution in [0.3, 0.4) is 0 Å². The molecule has 1 fully saturated rings. The van der Waals surface area contributed by atoms with Crippen molar-refractivity contribution in [3.05, 3.63) is 65.5 Å². The van der Waals surface area contributed by atoms with Crippen LogP contribution in [0.5, 0.6) is 0 Å². The number of nitrogens with one attached hydrogen (secondary N) is 2. The molecule has 2 aromatic rings. The van der Waals surface area contributed by atoms with E-state index in [0.29, 0.717) is 0 Å². The predicted octanol–water partition coefficient (Wildman–Crippen LogP) is 1.74. The molecule has 0 saturated carbocycles. The number of likely N-dealkylation sites (N-methyl/N-ethyl adjacent to an activating group) is 1. The maximum Gasteiger partial charge on any atom is 0.313 e. The lowest BCUT2D eigenvalue weighted by molar-refractivity contribution is -0.136. The lowest BCUT2D eigenvalue weighted by atomic mass is 10.0. The van der Waals surface area contributed by atoms with Crippen LogP contribution in [0.25, 0.3) is 0 Å². The van der Waals surface area contributed by atoms with Crippen LogP contribution in [0.15, 0.2) is 48.5 Å². The molecule has 30 heavy (non-hydrogen) atoms. The van der Waals surface area contributed by atoms with Crippen molar-refractivity contribution in [2.45, 2.75) is 6.04 Å². The molecule has 3 rings (SSSR count). The number of para-hydroxylation sites is 1. The minimum Gasteiger partial charge on any atom is -0.346 e. The second-order valence-electron chi connectivity index (χ2n) is 7.23. The van der Waals surface area contributed by atoms with Gasteiger partial charge in [-0.2, -0.15) is 5.26 Å². The summed E-state index contributed by atoms with van der Waals surface area (Å²) in [7, 11) is 2.05. The summed E-state index contributed by atoms with van der Waals surface area (Å²) in [6.45, 7) is 3.59. The first-order valence-electron chi connectivity index (χ1n) is 9.74. The molecule has 0 spiro atoms. The van der Waals surface area contributed by atoms with Gasteiger partial charge in [0.1, 0.15) is 11.9 Å². The van der Waals surface area contributed by atoms with Gasteiger partial charge in [0.15, 0.2) is 0 Å². The summed E-state index contributed by atoms with van der Waals surface area (Å²) < 4.78 is 13.4. The third kappa shape index (κ3) is 5.41. The molecule has 0 bridgehead atoms. The molecule has 1 aliphatic heterocycles. The van der Waals surface area contributed by atoms with E-state index in [1.807, 2.05) is 6.07 Å². The van der Waals surface area contributed by atoms with Crippen molar-refractivity contribution < 1.29 is 14.0 Å². The third-order valence-corrected chi connectivity index (χ3v) is 5.19. The molecule has 1 aliphatic rings. The second-order valence-corrected chi connectivity index (χ2v) is 7.23. The zero-order valence-corrected chi connectivity index (χ0v) is 16.8. The first-order chi connectivity index (χ1) is 14.5. The number of nitriles is 1. The minimum absolute atomic E-state index is 0.178. The van der Waals surface area contributed by atoms with Crippen molar-refractivity contribution in [3.63, 3.8) is 0 Å². The predicted molar refractivity (Wildman–Crippen MR) is 111 cm³/mol. The highest BCUT2D eigenvalue weighted by molar-refractivity contribution is 6.39. The van der Waals surface area contributed by atoms with Crippen LogP contribution in [-0.4, -0.2) is 61.4 Å². The Hall–Kier alpha value is -3.28. The summed E-state index contributed by atoms with van der Waals surface area (Å²) >= 11 is 0. The van der Waals surface area contributed by atoms with E-state index >= 15 is 0 Å². The molecule has 156 valence electrons. The molecular formula is C22H24FN5O2. The third-order valence-electron chi connectivity index (χ3n) is 5.19. The van der Waals surface area contributed by atoms with E-state index in [0.717, 1.165) is 31.7 Å². The summed E-state index contributed by atoms with van der Waals surface area (Å²) in [5, 5.41) is 14.3. The van der Waals surface area contributed by atoms with Gasteiger partial charge in [-0.3, -0.25) is 14.5 Å². The second kappa shape index (κ2) is 9.96. The number of amides is 2. The Morgan fingerprint density at radius 2 is 1.73 bits per heavy atom. The van der Waals surface area contributed by atoms with Gasteiger partial charge in [-0.05, 0) is 36.9 Å². The molecule has 0 aromatic heterocycles. The highest BCUT2D eigenvalue weighted by atomic mass is 19.1. The Balaban J connectivity index is 1.67. The molecule has 1 heterocycles. The molecule has 7 nitrogen and oxygen atoms in total. The first-order valence-corrected chi connectivity index (χ1v) is 9.74. The Bertz CT molecular complexity index is 933. The van der Waals surface area contributed by atoms with Crippen molar-refractivity contribution in [3.8, 4) is 6.07 Å². The number of hydrogen-bond acceptors (Lipinski definition) is 5. The molecule has 0 unspecified atom stereocenters. The quantitative estimate of drug-likeness (QED) is 0.735. The van der Waals surface area contributed by atoms with Crippen molar-refractivity contribution in [1.82, 2.24) is 15.1 Å². The number of carbonyl (C=O) groups is 2. The van der Waals surface area contributed by atoms with Gasteiger partial charge in [-0.25, -0.2) is 4.39 Å². The van der Waals surface area contributed by atoms with Gasteiger partial charge < -0.3 is 15.5 Å². The highest BCUT2D eigenvalue weighted by Gasteiger charge is 2.25. The summed E-state index contributed by atoms with van der Waals surface area (Å²) in [4.78, 5) is 29.1. The number of halogens is 1. The molecule has 2 N–H and O–H groups in total. The zero-order chi connectivity index (χ0) is 21.5. The number of nitrogens with zero attached hydrogens (tertiary/aromatic N) is 3. The van der Waals surface area contributed by atoms with E-state index in [9.17, 15) is 14.0 Å². The van der Waals surface area contributed by atoms with Crippen LogP contribution in [0.2, 0.25) is 0 Å². The monoisotopic (exact) mass is 409 g/mol. The standard InChI is InChI=1S/C22H24FN5O2/c1-27-10-12-28(13-11-27)20(16-6-8-18(23)9-7-16)15-25-21(29)22(30)26-19-5-3-2-4-17(19)14-24/h2-9,20H,10-13,15H2,1H3,(H,25,29)(H,26,30)/t20-/m0/s1. The van der Waals surface area contributed by atoms with E-state index < -0.39 is 11.8 Å². The topological polar surface area (TPSA) is 88.5 Å². The van der Waals surface area contributed by atoms with E-state index in [-0.39, 0.29) is 29.7 Å². The fraction of sp³-hybridized carbons (Fsp3) is 0.318. The van der Waals surface area contributed by atoms with Gasteiger partial charge in [0.2, 0.25) is 0 Å². The minimum atomic E-state index is -0.839. The van der Waals surface area contributed by atoms with Gasteiger partial charge in [0, 0.05) is 32.7 Å². The fourth-order valence-corrected chi connectivity index (χ4v) is 3.41. The molecule has 1 saturated heterocycles. The summed E-state index contributed by atoms with van der Waals surface area (Å²) in [6.07, 6.45) is 0. The Labute approximate surface area is 175 Å². The summed E-state index contributed by atoms with van der Waals surface area (Å²) in [6, 6.07) is 14.5. The van der Waals surface area contributed by atoms with Crippen LogP contribution in [0, 0.1) is 17.1 Å². The number of carbonyl (C=O) groups excluding carboxylic acids is 2. The SMILES string of the molecule is CN1CCN([C@@H](CNC(=O)C(=O)Nc2ccccc2C#N)c2ccc(F)cc2)CC1. The van der Waals surface area contributed by atoms with Crippen molar-refractivity contribution in [2.24, 2.45) is 0 Å².